The van der Waals surface area contributed by atoms with Gasteiger partial charge in [0.05, 0.1) is 13.7 Å². The van der Waals surface area contributed by atoms with Gasteiger partial charge in [-0.3, -0.25) is 0 Å². The van der Waals surface area contributed by atoms with Gasteiger partial charge in [-0.1, -0.05) is 23.7 Å². The number of methoxy groups -OCH3 is 1. The molecule has 2 aromatic rings. The molecule has 1 N–H and O–H groups in total. The zero-order chi connectivity index (χ0) is 13.8. The van der Waals surface area contributed by atoms with Gasteiger partial charge in [0, 0.05) is 5.56 Å². The second-order valence-electron chi connectivity index (χ2n) is 3.86. The molecule has 0 unspecified atom stereocenters. The van der Waals surface area contributed by atoms with Crippen molar-refractivity contribution in [3.63, 3.8) is 0 Å². The van der Waals surface area contributed by atoms with Gasteiger partial charge in [0.1, 0.15) is 16.6 Å². The number of nitrogens with one attached hydrogen (secondary N) is 1. The Hall–Kier alpha value is -1.94. The van der Waals surface area contributed by atoms with Gasteiger partial charge >= 0.3 is 5.97 Å². The molecular formula is C14H14ClNO3. The van der Waals surface area contributed by atoms with Gasteiger partial charge in [0.2, 0.25) is 0 Å². The molecule has 0 fully saturated rings. The number of carbonyl (C=O) groups is 1. The molecule has 0 atom stereocenters. The van der Waals surface area contributed by atoms with E-state index in [-0.39, 0.29) is 0 Å². The summed E-state index contributed by atoms with van der Waals surface area (Å²) in [5.74, 6) is 0.352. The fourth-order valence-corrected chi connectivity index (χ4v) is 1.99. The van der Waals surface area contributed by atoms with E-state index in [0.29, 0.717) is 17.5 Å². The van der Waals surface area contributed by atoms with E-state index in [4.69, 9.17) is 21.1 Å². The molecule has 0 amide bonds. The number of hydrogen-bond donors (Lipinski definition) is 1. The number of H-pyrrole nitrogens is 1. The standard InChI is InChI=1S/C14H14ClNO3/c1-3-19-14(17)12-8-11(13(15)16-12)9-4-6-10(18-2)7-5-9/h4-8,16H,3H2,1-2H3. The van der Waals surface area contributed by atoms with E-state index in [1.165, 1.54) is 0 Å². The summed E-state index contributed by atoms with van der Waals surface area (Å²) in [6.07, 6.45) is 0. The van der Waals surface area contributed by atoms with Crippen LogP contribution in [0.25, 0.3) is 11.1 Å². The summed E-state index contributed by atoms with van der Waals surface area (Å²) in [7, 11) is 1.61. The van der Waals surface area contributed by atoms with Crippen LogP contribution in [0.15, 0.2) is 30.3 Å². The van der Waals surface area contributed by atoms with Gasteiger partial charge in [0.15, 0.2) is 0 Å². The van der Waals surface area contributed by atoms with Crippen LogP contribution in [0.3, 0.4) is 0 Å². The number of aromatic amines is 1. The SMILES string of the molecule is CCOC(=O)c1cc(-c2ccc(OC)cc2)c(Cl)[nH]1. The minimum absolute atomic E-state index is 0.327. The van der Waals surface area contributed by atoms with Crippen molar-refractivity contribution >= 4 is 17.6 Å². The zero-order valence-corrected chi connectivity index (χ0v) is 11.5. The molecule has 0 spiro atoms. The lowest BCUT2D eigenvalue weighted by atomic mass is 10.1. The second kappa shape index (κ2) is 5.80. The van der Waals surface area contributed by atoms with Gasteiger partial charge in [-0.05, 0) is 30.7 Å². The quantitative estimate of drug-likeness (QED) is 0.871. The lowest BCUT2D eigenvalue weighted by Crippen LogP contribution is -2.04. The molecule has 0 aliphatic rings. The van der Waals surface area contributed by atoms with Crippen molar-refractivity contribution in [1.82, 2.24) is 4.98 Å². The monoisotopic (exact) mass is 279 g/mol. The number of ether oxygens (including phenoxy) is 2. The Morgan fingerprint density at radius 1 is 1.32 bits per heavy atom. The maximum absolute atomic E-state index is 11.6. The first-order chi connectivity index (χ1) is 9.15. The highest BCUT2D eigenvalue weighted by molar-refractivity contribution is 6.32. The Labute approximate surface area is 116 Å². The molecular weight excluding hydrogens is 266 g/mol. The van der Waals surface area contributed by atoms with E-state index in [2.05, 4.69) is 4.98 Å². The van der Waals surface area contributed by atoms with E-state index in [1.807, 2.05) is 24.3 Å². The smallest absolute Gasteiger partial charge is 0.354 e. The first kappa shape index (κ1) is 13.5. The molecule has 0 bridgehead atoms. The fourth-order valence-electron chi connectivity index (χ4n) is 1.73. The minimum atomic E-state index is -0.413. The van der Waals surface area contributed by atoms with Crippen molar-refractivity contribution in [2.75, 3.05) is 13.7 Å². The Kier molecular flexibility index (Phi) is 4.12. The van der Waals surface area contributed by atoms with Crippen LogP contribution in [0.2, 0.25) is 5.15 Å². The van der Waals surface area contributed by atoms with E-state index < -0.39 is 5.97 Å². The summed E-state index contributed by atoms with van der Waals surface area (Å²) in [6.45, 7) is 2.08. The van der Waals surface area contributed by atoms with Crippen LogP contribution < -0.4 is 4.74 Å². The largest absolute Gasteiger partial charge is 0.497 e. The highest BCUT2D eigenvalue weighted by Crippen LogP contribution is 2.30. The maximum Gasteiger partial charge on any atom is 0.354 e. The Morgan fingerprint density at radius 3 is 2.58 bits per heavy atom. The average molecular weight is 280 g/mol. The Balaban J connectivity index is 2.31. The van der Waals surface area contributed by atoms with Crippen molar-refractivity contribution < 1.29 is 14.3 Å². The molecule has 19 heavy (non-hydrogen) atoms. The lowest BCUT2D eigenvalue weighted by molar-refractivity contribution is 0.0520. The molecule has 0 saturated heterocycles. The third kappa shape index (κ3) is 2.90. The van der Waals surface area contributed by atoms with E-state index >= 15 is 0 Å². The third-order valence-corrected chi connectivity index (χ3v) is 2.96. The molecule has 1 aromatic carbocycles. The highest BCUT2D eigenvalue weighted by Gasteiger charge is 2.14. The average Bonchev–Trinajstić information content (AvgIpc) is 2.81. The Morgan fingerprint density at radius 2 is 2.00 bits per heavy atom. The summed E-state index contributed by atoms with van der Waals surface area (Å²) in [4.78, 5) is 14.4. The molecule has 5 heteroatoms. The molecule has 0 aliphatic carbocycles. The number of carbonyl (C=O) groups excluding carboxylic acids is 1. The molecule has 4 nitrogen and oxygen atoms in total. The van der Waals surface area contributed by atoms with Crippen LogP contribution in [0.5, 0.6) is 5.75 Å². The van der Waals surface area contributed by atoms with Gasteiger partial charge in [0.25, 0.3) is 0 Å². The van der Waals surface area contributed by atoms with Gasteiger partial charge < -0.3 is 14.5 Å². The number of hydrogen-bond acceptors (Lipinski definition) is 3. The van der Waals surface area contributed by atoms with E-state index in [0.717, 1.165) is 16.9 Å². The third-order valence-electron chi connectivity index (χ3n) is 2.67. The van der Waals surface area contributed by atoms with Crippen LogP contribution in [-0.4, -0.2) is 24.7 Å². The summed E-state index contributed by atoms with van der Waals surface area (Å²) in [5, 5.41) is 0.410. The number of rotatable bonds is 4. The molecule has 100 valence electrons. The van der Waals surface area contributed by atoms with Gasteiger partial charge in [-0.2, -0.15) is 0 Å². The zero-order valence-electron chi connectivity index (χ0n) is 10.7. The molecule has 1 aromatic heterocycles. The number of esters is 1. The first-order valence-corrected chi connectivity index (χ1v) is 6.23. The molecule has 0 aliphatic heterocycles. The predicted octanol–water partition coefficient (Wildman–Crippen LogP) is 3.52. The van der Waals surface area contributed by atoms with Crippen LogP contribution in [0, 0.1) is 0 Å². The second-order valence-corrected chi connectivity index (χ2v) is 4.24. The van der Waals surface area contributed by atoms with Crippen LogP contribution >= 0.6 is 11.6 Å². The van der Waals surface area contributed by atoms with Crippen molar-refractivity contribution in [3.05, 3.63) is 41.2 Å². The minimum Gasteiger partial charge on any atom is -0.497 e. The lowest BCUT2D eigenvalue weighted by Gasteiger charge is -2.01. The molecule has 2 rings (SSSR count). The van der Waals surface area contributed by atoms with Crippen LogP contribution in [-0.2, 0) is 4.74 Å². The van der Waals surface area contributed by atoms with Crippen molar-refractivity contribution in [2.24, 2.45) is 0 Å². The van der Waals surface area contributed by atoms with Gasteiger partial charge in [-0.25, -0.2) is 4.79 Å². The van der Waals surface area contributed by atoms with Gasteiger partial charge in [-0.15, -0.1) is 0 Å². The van der Waals surface area contributed by atoms with E-state index in [9.17, 15) is 4.79 Å². The molecule has 0 saturated carbocycles. The fraction of sp³-hybridized carbons (Fsp3) is 0.214. The summed E-state index contributed by atoms with van der Waals surface area (Å²) < 4.78 is 10.0. The molecule has 1 heterocycles. The maximum atomic E-state index is 11.6. The summed E-state index contributed by atoms with van der Waals surface area (Å²) in [5.41, 5.74) is 2.00. The van der Waals surface area contributed by atoms with Crippen molar-refractivity contribution in [3.8, 4) is 16.9 Å². The molecule has 0 radical (unpaired) electrons. The number of aromatic nitrogens is 1. The number of halogens is 1. The van der Waals surface area contributed by atoms with E-state index in [1.54, 1.807) is 20.1 Å². The summed E-state index contributed by atoms with van der Waals surface area (Å²) >= 11 is 6.10. The van der Waals surface area contributed by atoms with Crippen LogP contribution in [0.4, 0.5) is 0 Å². The predicted molar refractivity (Wildman–Crippen MR) is 73.7 cm³/mol. The Bertz CT molecular complexity index is 575. The number of benzene rings is 1. The van der Waals surface area contributed by atoms with Crippen molar-refractivity contribution in [2.45, 2.75) is 6.92 Å². The summed E-state index contributed by atoms with van der Waals surface area (Å²) in [6, 6.07) is 9.11. The normalized spacial score (nSPS) is 10.3. The highest BCUT2D eigenvalue weighted by atomic mass is 35.5. The van der Waals surface area contributed by atoms with Crippen molar-refractivity contribution in [1.29, 1.82) is 0 Å². The topological polar surface area (TPSA) is 51.3 Å². The van der Waals surface area contributed by atoms with Crippen LogP contribution in [0.1, 0.15) is 17.4 Å². The first-order valence-electron chi connectivity index (χ1n) is 5.85.